The van der Waals surface area contributed by atoms with Gasteiger partial charge < -0.3 is 33.8 Å². The van der Waals surface area contributed by atoms with Crippen molar-refractivity contribution in [3.63, 3.8) is 0 Å². The molecule has 0 amide bonds. The van der Waals surface area contributed by atoms with Gasteiger partial charge in [0.25, 0.3) is 0 Å². The fourth-order valence-electron chi connectivity index (χ4n) is 11.1. The summed E-state index contributed by atoms with van der Waals surface area (Å²) in [7, 11) is -10.0. The van der Waals surface area contributed by atoms with E-state index < -0.39 is 97.5 Å². The summed E-state index contributed by atoms with van der Waals surface area (Å²) in [6.45, 7) is 4.53. The number of carbonyl (C=O) groups is 4. The van der Waals surface area contributed by atoms with Crippen molar-refractivity contribution in [1.29, 1.82) is 0 Å². The summed E-state index contributed by atoms with van der Waals surface area (Å²) >= 11 is 0. The van der Waals surface area contributed by atoms with Gasteiger partial charge in [-0.2, -0.15) is 0 Å². The van der Waals surface area contributed by atoms with E-state index in [2.05, 4.69) is 198 Å². The maximum atomic E-state index is 13.2. The van der Waals surface area contributed by atoms with E-state index in [9.17, 15) is 43.2 Å². The molecule has 0 radical (unpaired) electrons. The molecule has 0 saturated heterocycles. The predicted molar refractivity (Wildman–Crippen MR) is 463 cm³/mol. The van der Waals surface area contributed by atoms with Crippen LogP contribution in [-0.4, -0.2) is 96.7 Å². The fraction of sp³-hybridized carbons (Fsp3) is 0.656. The first-order valence-corrected chi connectivity index (χ1v) is 46.4. The van der Waals surface area contributed by atoms with Crippen LogP contribution in [0.2, 0.25) is 0 Å². The van der Waals surface area contributed by atoms with Crippen molar-refractivity contribution in [2.45, 2.75) is 354 Å². The smallest absolute Gasteiger partial charge is 0.462 e. The molecule has 0 aliphatic carbocycles. The molecule has 0 aromatic heterocycles. The standard InChI is InChI=1S/C93H154O17P2/c1-5-9-13-17-21-25-29-33-37-40-43-46-50-53-57-61-65-69-73-77-90(95)103-83-88(109-92(97)79-75-71-67-63-59-55-49-36-32-28-24-20-16-12-8-4)85-107-111(99,100)105-81-87(94)82-106-112(101,102)108-86-89(110-93(98)80-76-72-68-64-60-56-52-48-45-42-39-35-31-27-23-19-15-11-7-3)84-104-91(96)78-74-70-66-62-58-54-51-47-44-41-38-34-30-26-22-18-14-10-6-2/h9-10,13-14,21-28,33-39,43-49,53,57,87-89,94H,5-8,11-12,15-20,29-32,40-42,50-52,54-56,58-86H2,1-4H3,(H,99,100)(H,101,102)/b13-9-,14-10-,25-21-,26-22-,27-23-,28-24-,37-33-,38-34-,39-35-,46-43-,47-44-,48-45-,49-36-,57-53-. The minimum atomic E-state index is -5.00. The minimum Gasteiger partial charge on any atom is -0.462 e. The first-order valence-electron chi connectivity index (χ1n) is 43.4. The summed E-state index contributed by atoms with van der Waals surface area (Å²) < 4.78 is 68.8. The number of aliphatic hydroxyl groups is 1. The Balaban J connectivity index is 5.46. The van der Waals surface area contributed by atoms with Crippen LogP contribution in [0, 0.1) is 0 Å². The molecule has 0 aliphatic rings. The van der Waals surface area contributed by atoms with Gasteiger partial charge in [-0.25, -0.2) is 9.13 Å². The molecule has 0 aromatic carbocycles. The van der Waals surface area contributed by atoms with Gasteiger partial charge in [-0.15, -0.1) is 0 Å². The summed E-state index contributed by atoms with van der Waals surface area (Å²) in [4.78, 5) is 73.3. The molecule has 17 nitrogen and oxygen atoms in total. The number of ether oxygens (including phenoxy) is 4. The zero-order chi connectivity index (χ0) is 81.7. The van der Waals surface area contributed by atoms with Gasteiger partial charge in [0, 0.05) is 25.7 Å². The van der Waals surface area contributed by atoms with E-state index in [-0.39, 0.29) is 25.7 Å². The molecule has 3 N–H and O–H groups in total. The molecule has 0 heterocycles. The number of rotatable bonds is 80. The number of hydrogen-bond donors (Lipinski definition) is 3. The van der Waals surface area contributed by atoms with E-state index >= 15 is 0 Å². The van der Waals surface area contributed by atoms with Gasteiger partial charge in [-0.05, 0) is 180 Å². The topological polar surface area (TPSA) is 237 Å². The van der Waals surface area contributed by atoms with Crippen LogP contribution in [0.5, 0.6) is 0 Å². The highest BCUT2D eigenvalue weighted by Gasteiger charge is 2.30. The molecule has 5 atom stereocenters. The quantitative estimate of drug-likeness (QED) is 0.0169. The summed E-state index contributed by atoms with van der Waals surface area (Å²) in [5, 5.41) is 10.7. The number of hydrogen-bond acceptors (Lipinski definition) is 15. The number of unbranched alkanes of at least 4 members (excludes halogenated alkanes) is 26. The van der Waals surface area contributed by atoms with Crippen molar-refractivity contribution < 1.29 is 80.2 Å². The minimum absolute atomic E-state index is 0.0657. The van der Waals surface area contributed by atoms with Crippen LogP contribution >= 0.6 is 15.6 Å². The molecular weight excluding hydrogens is 1450 g/mol. The van der Waals surface area contributed by atoms with Crippen molar-refractivity contribution in [2.24, 2.45) is 0 Å². The third kappa shape index (κ3) is 82.4. The molecule has 0 aliphatic heterocycles. The average Bonchev–Trinajstić information content (AvgIpc) is 0.898. The van der Waals surface area contributed by atoms with Crippen LogP contribution in [-0.2, 0) is 65.4 Å². The second-order valence-corrected chi connectivity index (χ2v) is 31.3. The van der Waals surface area contributed by atoms with Crippen LogP contribution in [0.3, 0.4) is 0 Å². The molecule has 112 heavy (non-hydrogen) atoms. The Kier molecular flexibility index (Phi) is 79.2. The lowest BCUT2D eigenvalue weighted by Gasteiger charge is -2.21. The zero-order valence-electron chi connectivity index (χ0n) is 70.0. The largest absolute Gasteiger partial charge is 0.472 e. The maximum absolute atomic E-state index is 13.2. The number of esters is 4. The number of aliphatic hydroxyl groups excluding tert-OH is 1. The van der Waals surface area contributed by atoms with Gasteiger partial charge in [0.15, 0.2) is 12.2 Å². The van der Waals surface area contributed by atoms with E-state index in [0.717, 1.165) is 218 Å². The lowest BCUT2D eigenvalue weighted by atomic mass is 10.1. The van der Waals surface area contributed by atoms with Gasteiger partial charge in [0.1, 0.15) is 19.3 Å². The second kappa shape index (κ2) is 83.4. The third-order valence-electron chi connectivity index (χ3n) is 17.6. The van der Waals surface area contributed by atoms with Crippen LogP contribution in [0.15, 0.2) is 170 Å². The normalized spacial score (nSPS) is 14.6. The first kappa shape index (κ1) is 106. The predicted octanol–water partition coefficient (Wildman–Crippen LogP) is 26.1. The first-order chi connectivity index (χ1) is 54.7. The molecule has 19 heteroatoms. The van der Waals surface area contributed by atoms with E-state index in [1.54, 1.807) is 0 Å². The van der Waals surface area contributed by atoms with Crippen LogP contribution in [0.25, 0.3) is 0 Å². The van der Waals surface area contributed by atoms with Crippen molar-refractivity contribution >= 4 is 39.5 Å². The van der Waals surface area contributed by atoms with Gasteiger partial charge in [0.2, 0.25) is 0 Å². The molecule has 0 aromatic rings. The highest BCUT2D eigenvalue weighted by molar-refractivity contribution is 7.47. The summed E-state index contributed by atoms with van der Waals surface area (Å²) in [5.74, 6) is -2.26. The van der Waals surface area contributed by atoms with E-state index in [0.29, 0.717) is 25.7 Å². The van der Waals surface area contributed by atoms with Crippen LogP contribution in [0.4, 0.5) is 0 Å². The van der Waals surface area contributed by atoms with E-state index in [4.69, 9.17) is 37.0 Å². The van der Waals surface area contributed by atoms with Crippen molar-refractivity contribution in [1.82, 2.24) is 0 Å². The Morgan fingerprint density at radius 2 is 0.464 bits per heavy atom. The third-order valence-corrected chi connectivity index (χ3v) is 19.5. The summed E-state index contributed by atoms with van der Waals surface area (Å²) in [6, 6.07) is 0. The molecule has 0 saturated carbocycles. The average molecular weight is 1610 g/mol. The molecule has 0 rings (SSSR count). The highest BCUT2D eigenvalue weighted by atomic mass is 31.2. The van der Waals surface area contributed by atoms with Gasteiger partial charge >= 0.3 is 39.5 Å². The Hall–Kier alpha value is -5.58. The van der Waals surface area contributed by atoms with Crippen LogP contribution < -0.4 is 0 Å². The number of allylic oxidation sites excluding steroid dienone is 28. The SMILES string of the molecule is CC/C=C\C/C=C\C/C=C\C/C=C\C/C=C\CCCCCC(=O)OCC(COP(=O)(O)OCC(O)COP(=O)(O)OCC(COC(=O)CCCCCCCC/C=C\C/C=C\C/C=C\C/C=C\CC)OC(=O)CCCCCCCC/C=C\C/C=C\C/C=C\CCCCC)OC(=O)CCCCCCC/C=C\C/C=C\CCCCC. The fourth-order valence-corrected chi connectivity index (χ4v) is 12.7. The molecule has 638 valence electrons. The molecular formula is C93H154O17P2. The Morgan fingerprint density at radius 3 is 0.723 bits per heavy atom. The van der Waals surface area contributed by atoms with Gasteiger partial charge in [0.05, 0.1) is 26.4 Å². The lowest BCUT2D eigenvalue weighted by molar-refractivity contribution is -0.161. The van der Waals surface area contributed by atoms with Crippen molar-refractivity contribution in [2.75, 3.05) is 39.6 Å². The maximum Gasteiger partial charge on any atom is 0.472 e. The Bertz CT molecular complexity index is 2790. The van der Waals surface area contributed by atoms with Crippen LogP contribution in [0.1, 0.15) is 336 Å². The van der Waals surface area contributed by atoms with Gasteiger partial charge in [-0.1, -0.05) is 301 Å². The Morgan fingerprint density at radius 1 is 0.259 bits per heavy atom. The lowest BCUT2D eigenvalue weighted by Crippen LogP contribution is -2.30. The number of phosphoric ester groups is 2. The summed E-state index contributed by atoms with van der Waals surface area (Å²) in [6.07, 6.45) is 100. The number of phosphoric acid groups is 2. The van der Waals surface area contributed by atoms with Gasteiger partial charge in [-0.3, -0.25) is 37.3 Å². The van der Waals surface area contributed by atoms with E-state index in [1.165, 1.54) is 38.5 Å². The second-order valence-electron chi connectivity index (χ2n) is 28.4. The molecule has 5 unspecified atom stereocenters. The molecule has 0 fully saturated rings. The van der Waals surface area contributed by atoms with E-state index in [1.807, 2.05) is 0 Å². The van der Waals surface area contributed by atoms with Crippen molar-refractivity contribution in [3.8, 4) is 0 Å². The number of carbonyl (C=O) groups excluding carboxylic acids is 4. The molecule has 0 spiro atoms. The monoisotopic (exact) mass is 1610 g/mol. The summed E-state index contributed by atoms with van der Waals surface area (Å²) in [5.41, 5.74) is 0. The zero-order valence-corrected chi connectivity index (χ0v) is 71.8. The van der Waals surface area contributed by atoms with Crippen molar-refractivity contribution in [3.05, 3.63) is 170 Å². The highest BCUT2D eigenvalue weighted by Crippen LogP contribution is 2.45. The molecule has 0 bridgehead atoms. The Labute approximate surface area is 680 Å².